The maximum absolute atomic E-state index is 8.90. The van der Waals surface area contributed by atoms with Gasteiger partial charge in [-0.05, 0) is 30.7 Å². The molecule has 0 aliphatic rings. The minimum absolute atomic E-state index is 0.524. The molecule has 3 heteroatoms. The largest absolute Gasteiger partial charge is 0.255 e. The summed E-state index contributed by atoms with van der Waals surface area (Å²) < 4.78 is 0. The monoisotopic (exact) mass is 202 g/mol. The Labute approximate surface area is 86.8 Å². The van der Waals surface area contributed by atoms with E-state index in [-0.39, 0.29) is 0 Å². The minimum atomic E-state index is 0.524. The lowest BCUT2D eigenvalue weighted by atomic mass is 10.1. The van der Waals surface area contributed by atoms with Crippen LogP contribution in [0.25, 0.3) is 10.9 Å². The average Bonchev–Trinajstić information content (AvgIpc) is 2.18. The summed E-state index contributed by atoms with van der Waals surface area (Å²) in [6.45, 7) is 1.97. The van der Waals surface area contributed by atoms with E-state index in [2.05, 4.69) is 11.1 Å². The number of nitrogens with zero attached hydrogens (tertiary/aromatic N) is 2. The zero-order chi connectivity index (χ0) is 10.1. The van der Waals surface area contributed by atoms with Gasteiger partial charge in [-0.3, -0.25) is 4.98 Å². The van der Waals surface area contributed by atoms with E-state index in [0.29, 0.717) is 10.6 Å². The molecule has 0 atom stereocenters. The lowest BCUT2D eigenvalue weighted by molar-refractivity contribution is 1.35. The van der Waals surface area contributed by atoms with E-state index in [1.807, 2.05) is 19.1 Å². The van der Waals surface area contributed by atoms with Gasteiger partial charge in [-0.2, -0.15) is 5.26 Å². The molecule has 0 amide bonds. The van der Waals surface area contributed by atoms with Gasteiger partial charge in [-0.25, -0.2) is 0 Å². The first-order chi connectivity index (χ1) is 6.72. The van der Waals surface area contributed by atoms with Crippen LogP contribution >= 0.6 is 11.6 Å². The van der Waals surface area contributed by atoms with Gasteiger partial charge in [0.15, 0.2) is 0 Å². The zero-order valence-corrected chi connectivity index (χ0v) is 8.34. The van der Waals surface area contributed by atoms with E-state index >= 15 is 0 Å². The molecule has 0 radical (unpaired) electrons. The van der Waals surface area contributed by atoms with Gasteiger partial charge >= 0.3 is 0 Å². The first kappa shape index (κ1) is 8.98. The second kappa shape index (κ2) is 3.28. The predicted molar refractivity (Wildman–Crippen MR) is 56.2 cm³/mol. The van der Waals surface area contributed by atoms with Crippen LogP contribution in [0.4, 0.5) is 0 Å². The molecule has 1 aromatic carbocycles. The Hall–Kier alpha value is -1.59. The number of halogens is 1. The molecule has 14 heavy (non-hydrogen) atoms. The number of aryl methyl sites for hydroxylation is 1. The number of pyridine rings is 1. The van der Waals surface area contributed by atoms with Gasteiger partial charge in [0.25, 0.3) is 0 Å². The Kier molecular flexibility index (Phi) is 2.11. The molecule has 0 bridgehead atoms. The Morgan fingerprint density at radius 1 is 1.43 bits per heavy atom. The van der Waals surface area contributed by atoms with Crippen LogP contribution in [0.2, 0.25) is 5.02 Å². The molecular weight excluding hydrogens is 196 g/mol. The van der Waals surface area contributed by atoms with Gasteiger partial charge in [-0.1, -0.05) is 11.6 Å². The van der Waals surface area contributed by atoms with Crippen molar-refractivity contribution in [2.75, 3.05) is 0 Å². The molecule has 0 saturated carbocycles. The molecule has 0 fully saturated rings. The quantitative estimate of drug-likeness (QED) is 0.658. The average molecular weight is 203 g/mol. The van der Waals surface area contributed by atoms with Crippen molar-refractivity contribution in [2.45, 2.75) is 6.92 Å². The number of hydrogen-bond acceptors (Lipinski definition) is 2. The number of aromatic nitrogens is 1. The third-order valence-corrected chi connectivity index (χ3v) is 2.37. The topological polar surface area (TPSA) is 36.7 Å². The fourth-order valence-electron chi connectivity index (χ4n) is 1.44. The Morgan fingerprint density at radius 3 is 2.93 bits per heavy atom. The third-order valence-electron chi connectivity index (χ3n) is 2.15. The smallest absolute Gasteiger partial charge is 0.101 e. The van der Waals surface area contributed by atoms with Crippen molar-refractivity contribution in [1.82, 2.24) is 4.98 Å². The van der Waals surface area contributed by atoms with Gasteiger partial charge in [0.05, 0.1) is 11.1 Å². The highest BCUT2D eigenvalue weighted by molar-refractivity contribution is 6.31. The lowest BCUT2D eigenvalue weighted by Crippen LogP contribution is -1.86. The van der Waals surface area contributed by atoms with Crippen LogP contribution in [0, 0.1) is 18.3 Å². The van der Waals surface area contributed by atoms with Crippen LogP contribution in [0.5, 0.6) is 0 Å². The summed E-state index contributed by atoms with van der Waals surface area (Å²) in [5, 5.41) is 10.4. The van der Waals surface area contributed by atoms with E-state index in [9.17, 15) is 0 Å². The number of rotatable bonds is 0. The standard InChI is InChI=1S/C11H7ClN2/c1-7-2-3-14-11-8(6-13)4-9(12)5-10(7)11/h2-5H,1H3. The van der Waals surface area contributed by atoms with Crippen LogP contribution in [-0.2, 0) is 0 Å². The third kappa shape index (κ3) is 1.32. The SMILES string of the molecule is Cc1ccnc2c(C#N)cc(Cl)cc12. The van der Waals surface area contributed by atoms with Crippen LogP contribution < -0.4 is 0 Å². The van der Waals surface area contributed by atoms with E-state index in [1.165, 1.54) is 0 Å². The summed E-state index contributed by atoms with van der Waals surface area (Å²) in [6, 6.07) is 7.46. The maximum atomic E-state index is 8.90. The minimum Gasteiger partial charge on any atom is -0.255 e. The molecule has 0 spiro atoms. The van der Waals surface area contributed by atoms with Crippen molar-refractivity contribution in [3.05, 3.63) is 40.5 Å². The second-order valence-corrected chi connectivity index (χ2v) is 3.53. The number of benzene rings is 1. The van der Waals surface area contributed by atoms with Crippen LogP contribution in [0.3, 0.4) is 0 Å². The first-order valence-corrected chi connectivity index (χ1v) is 4.55. The Balaban J connectivity index is 2.96. The highest BCUT2D eigenvalue weighted by Crippen LogP contribution is 2.24. The molecule has 2 rings (SSSR count). The highest BCUT2D eigenvalue weighted by Gasteiger charge is 2.05. The molecule has 0 aliphatic heterocycles. The van der Waals surface area contributed by atoms with Crippen LogP contribution in [0.15, 0.2) is 24.4 Å². The molecular formula is C11H7ClN2. The fraction of sp³-hybridized carbons (Fsp3) is 0.0909. The number of hydrogen-bond donors (Lipinski definition) is 0. The summed E-state index contributed by atoms with van der Waals surface area (Å²) in [4.78, 5) is 4.17. The van der Waals surface area contributed by atoms with E-state index < -0.39 is 0 Å². The summed E-state index contributed by atoms with van der Waals surface area (Å²) in [6.07, 6.45) is 1.70. The maximum Gasteiger partial charge on any atom is 0.101 e. The zero-order valence-electron chi connectivity index (χ0n) is 7.58. The van der Waals surface area contributed by atoms with E-state index in [0.717, 1.165) is 16.5 Å². The molecule has 0 aliphatic carbocycles. The van der Waals surface area contributed by atoms with E-state index in [4.69, 9.17) is 16.9 Å². The van der Waals surface area contributed by atoms with Crippen molar-refractivity contribution < 1.29 is 0 Å². The van der Waals surface area contributed by atoms with Gasteiger partial charge in [0.1, 0.15) is 6.07 Å². The van der Waals surface area contributed by atoms with Crippen molar-refractivity contribution in [3.8, 4) is 6.07 Å². The predicted octanol–water partition coefficient (Wildman–Crippen LogP) is 3.07. The normalized spacial score (nSPS) is 10.1. The Morgan fingerprint density at radius 2 is 2.21 bits per heavy atom. The molecule has 0 unspecified atom stereocenters. The number of fused-ring (bicyclic) bond motifs is 1. The molecule has 1 aromatic heterocycles. The second-order valence-electron chi connectivity index (χ2n) is 3.09. The summed E-state index contributed by atoms with van der Waals surface area (Å²) in [7, 11) is 0. The lowest BCUT2D eigenvalue weighted by Gasteiger charge is -2.02. The van der Waals surface area contributed by atoms with Crippen LogP contribution in [0.1, 0.15) is 11.1 Å². The van der Waals surface area contributed by atoms with Crippen molar-refractivity contribution in [1.29, 1.82) is 5.26 Å². The summed E-state index contributed by atoms with van der Waals surface area (Å²) >= 11 is 5.90. The van der Waals surface area contributed by atoms with Crippen molar-refractivity contribution in [3.63, 3.8) is 0 Å². The van der Waals surface area contributed by atoms with Crippen molar-refractivity contribution >= 4 is 22.5 Å². The fourth-order valence-corrected chi connectivity index (χ4v) is 1.66. The summed E-state index contributed by atoms with van der Waals surface area (Å²) in [5.74, 6) is 0. The molecule has 0 saturated heterocycles. The van der Waals surface area contributed by atoms with E-state index in [1.54, 1.807) is 12.3 Å². The summed E-state index contributed by atoms with van der Waals surface area (Å²) in [5.41, 5.74) is 2.32. The van der Waals surface area contributed by atoms with Gasteiger partial charge < -0.3 is 0 Å². The molecule has 2 aromatic rings. The van der Waals surface area contributed by atoms with Gasteiger partial charge in [-0.15, -0.1) is 0 Å². The van der Waals surface area contributed by atoms with Crippen LogP contribution in [-0.4, -0.2) is 4.98 Å². The molecule has 68 valence electrons. The Bertz CT molecular complexity index is 541. The molecule has 1 heterocycles. The van der Waals surface area contributed by atoms with Gasteiger partial charge in [0.2, 0.25) is 0 Å². The van der Waals surface area contributed by atoms with Gasteiger partial charge in [0, 0.05) is 16.6 Å². The van der Waals surface area contributed by atoms with Crippen molar-refractivity contribution in [2.24, 2.45) is 0 Å². The molecule has 0 N–H and O–H groups in total. The first-order valence-electron chi connectivity index (χ1n) is 4.17. The number of nitriles is 1. The molecule has 2 nitrogen and oxygen atoms in total. The highest BCUT2D eigenvalue weighted by atomic mass is 35.5.